The molecule has 0 saturated heterocycles. The lowest BCUT2D eigenvalue weighted by Crippen LogP contribution is -2.20. The third kappa shape index (κ3) is 2.75. The average molecular weight is 234 g/mol. The van der Waals surface area contributed by atoms with Crippen molar-refractivity contribution >= 4 is 11.8 Å². The van der Waals surface area contributed by atoms with E-state index in [0.29, 0.717) is 11.4 Å². The molecule has 1 aliphatic rings. The first-order valence-corrected chi connectivity index (χ1v) is 6.02. The fraction of sp³-hybridized carbons (Fsp3) is 0.538. The van der Waals surface area contributed by atoms with Crippen LogP contribution in [0.3, 0.4) is 0 Å². The maximum atomic E-state index is 12.0. The Labute approximate surface area is 102 Å². The van der Waals surface area contributed by atoms with E-state index >= 15 is 0 Å². The second-order valence-corrected chi connectivity index (χ2v) is 4.58. The Morgan fingerprint density at radius 3 is 2.76 bits per heavy atom. The van der Waals surface area contributed by atoms with Gasteiger partial charge in [-0.1, -0.05) is 0 Å². The van der Waals surface area contributed by atoms with Gasteiger partial charge in [0.2, 0.25) is 0 Å². The van der Waals surface area contributed by atoms with Crippen LogP contribution in [0.5, 0.6) is 0 Å². The molecule has 4 nitrogen and oxygen atoms in total. The third-order valence-electron chi connectivity index (χ3n) is 3.01. The quantitative estimate of drug-likeness (QED) is 0.752. The van der Waals surface area contributed by atoms with Crippen molar-refractivity contribution < 1.29 is 9.53 Å². The first-order valence-electron chi connectivity index (χ1n) is 6.02. The van der Waals surface area contributed by atoms with Gasteiger partial charge in [0.15, 0.2) is 0 Å². The summed E-state index contributed by atoms with van der Waals surface area (Å²) in [6, 6.07) is 3.53. The Balaban J connectivity index is 2.12. The Bertz CT molecular complexity index is 398. The van der Waals surface area contributed by atoms with Crippen LogP contribution in [0.1, 0.15) is 36.0 Å². The molecule has 1 aliphatic carbocycles. The van der Waals surface area contributed by atoms with Crippen molar-refractivity contribution in [2.24, 2.45) is 0 Å². The van der Waals surface area contributed by atoms with Crippen LogP contribution in [-0.2, 0) is 4.74 Å². The summed E-state index contributed by atoms with van der Waals surface area (Å²) < 4.78 is 5.48. The predicted octanol–water partition coefficient (Wildman–Crippen LogP) is 2.25. The van der Waals surface area contributed by atoms with Crippen LogP contribution in [0.4, 0.5) is 5.82 Å². The highest BCUT2D eigenvalue weighted by Gasteiger charge is 2.22. The van der Waals surface area contributed by atoms with Gasteiger partial charge in [-0.2, -0.15) is 0 Å². The molecule has 0 unspecified atom stereocenters. The molecule has 1 aromatic heterocycles. The van der Waals surface area contributed by atoms with Crippen LogP contribution < -0.4 is 4.90 Å². The summed E-state index contributed by atoms with van der Waals surface area (Å²) in [6.45, 7) is 0. The molecule has 1 heterocycles. The van der Waals surface area contributed by atoms with Crippen molar-refractivity contribution in [2.75, 3.05) is 19.0 Å². The van der Waals surface area contributed by atoms with E-state index in [9.17, 15) is 4.79 Å². The number of ether oxygens (including phenoxy) is 1. The fourth-order valence-corrected chi connectivity index (χ4v) is 2.13. The molecule has 0 radical (unpaired) electrons. The van der Waals surface area contributed by atoms with Crippen LogP contribution >= 0.6 is 0 Å². The lowest BCUT2D eigenvalue weighted by atomic mass is 10.2. The van der Waals surface area contributed by atoms with Gasteiger partial charge in [0.1, 0.15) is 17.5 Å². The Hall–Kier alpha value is -1.58. The maximum absolute atomic E-state index is 12.0. The van der Waals surface area contributed by atoms with Crippen molar-refractivity contribution in [3.8, 4) is 0 Å². The Morgan fingerprint density at radius 2 is 2.12 bits per heavy atom. The summed E-state index contributed by atoms with van der Waals surface area (Å²) in [4.78, 5) is 18.1. The molecule has 0 N–H and O–H groups in total. The van der Waals surface area contributed by atoms with Gasteiger partial charge >= 0.3 is 5.97 Å². The van der Waals surface area contributed by atoms with Crippen LogP contribution in [0.15, 0.2) is 18.3 Å². The molecule has 0 spiro atoms. The number of hydrogen-bond acceptors (Lipinski definition) is 4. The molecular weight excluding hydrogens is 216 g/mol. The third-order valence-corrected chi connectivity index (χ3v) is 3.01. The maximum Gasteiger partial charge on any atom is 0.342 e. The molecular formula is C13H18N2O2. The first kappa shape index (κ1) is 11.9. The zero-order chi connectivity index (χ0) is 12.3. The van der Waals surface area contributed by atoms with Crippen LogP contribution in [-0.4, -0.2) is 31.2 Å². The number of esters is 1. The second-order valence-electron chi connectivity index (χ2n) is 4.58. The monoisotopic (exact) mass is 234 g/mol. The molecule has 0 atom stereocenters. The summed E-state index contributed by atoms with van der Waals surface area (Å²) >= 11 is 0. The normalized spacial score (nSPS) is 15.9. The van der Waals surface area contributed by atoms with Crippen molar-refractivity contribution in [1.29, 1.82) is 0 Å². The van der Waals surface area contributed by atoms with E-state index in [1.54, 1.807) is 18.3 Å². The molecule has 0 bridgehead atoms. The van der Waals surface area contributed by atoms with E-state index in [4.69, 9.17) is 4.74 Å². The lowest BCUT2D eigenvalue weighted by Gasteiger charge is -2.17. The van der Waals surface area contributed by atoms with Crippen LogP contribution in [0, 0.1) is 0 Å². The fourth-order valence-electron chi connectivity index (χ4n) is 2.13. The Morgan fingerprint density at radius 1 is 1.41 bits per heavy atom. The van der Waals surface area contributed by atoms with E-state index in [1.807, 2.05) is 19.0 Å². The minimum absolute atomic E-state index is 0.0951. The molecule has 1 aromatic rings. The van der Waals surface area contributed by atoms with Crippen molar-refractivity contribution in [1.82, 2.24) is 4.98 Å². The predicted molar refractivity (Wildman–Crippen MR) is 66.2 cm³/mol. The number of nitrogens with zero attached hydrogens (tertiary/aromatic N) is 2. The van der Waals surface area contributed by atoms with Crippen molar-refractivity contribution in [3.63, 3.8) is 0 Å². The summed E-state index contributed by atoms with van der Waals surface area (Å²) in [7, 11) is 3.74. The number of pyridine rings is 1. The van der Waals surface area contributed by atoms with Gasteiger partial charge in [-0.05, 0) is 37.8 Å². The zero-order valence-corrected chi connectivity index (χ0v) is 10.3. The van der Waals surface area contributed by atoms with E-state index in [2.05, 4.69) is 4.98 Å². The molecule has 2 rings (SSSR count). The van der Waals surface area contributed by atoms with Gasteiger partial charge in [-0.15, -0.1) is 0 Å². The van der Waals surface area contributed by atoms with E-state index in [0.717, 1.165) is 25.7 Å². The Kier molecular flexibility index (Phi) is 3.61. The topological polar surface area (TPSA) is 42.4 Å². The highest BCUT2D eigenvalue weighted by atomic mass is 16.5. The number of rotatable bonds is 3. The van der Waals surface area contributed by atoms with Gasteiger partial charge in [0, 0.05) is 20.3 Å². The number of anilines is 1. The molecule has 0 amide bonds. The number of carbonyl (C=O) groups excluding carboxylic acids is 1. The molecule has 17 heavy (non-hydrogen) atoms. The summed E-state index contributed by atoms with van der Waals surface area (Å²) in [6.07, 6.45) is 6.07. The first-order chi connectivity index (χ1) is 8.18. The second kappa shape index (κ2) is 5.17. The summed E-state index contributed by atoms with van der Waals surface area (Å²) in [5.41, 5.74) is 0.546. The van der Waals surface area contributed by atoms with Gasteiger partial charge < -0.3 is 9.64 Å². The molecule has 1 saturated carbocycles. The summed E-state index contributed by atoms with van der Waals surface area (Å²) in [5, 5.41) is 0. The minimum Gasteiger partial charge on any atom is -0.459 e. The number of aromatic nitrogens is 1. The summed E-state index contributed by atoms with van der Waals surface area (Å²) in [5.74, 6) is 0.407. The smallest absolute Gasteiger partial charge is 0.342 e. The lowest BCUT2D eigenvalue weighted by molar-refractivity contribution is 0.0318. The highest BCUT2D eigenvalue weighted by Crippen LogP contribution is 2.23. The van der Waals surface area contributed by atoms with Gasteiger partial charge in [0.05, 0.1) is 0 Å². The molecule has 1 fully saturated rings. The number of hydrogen-bond donors (Lipinski definition) is 0. The van der Waals surface area contributed by atoms with Gasteiger partial charge in [-0.25, -0.2) is 9.78 Å². The average Bonchev–Trinajstić information content (AvgIpc) is 2.81. The molecule has 0 aliphatic heterocycles. The van der Waals surface area contributed by atoms with E-state index in [-0.39, 0.29) is 12.1 Å². The molecule has 4 heteroatoms. The molecule has 92 valence electrons. The van der Waals surface area contributed by atoms with E-state index < -0.39 is 0 Å². The highest BCUT2D eigenvalue weighted by molar-refractivity contribution is 5.94. The zero-order valence-electron chi connectivity index (χ0n) is 10.3. The van der Waals surface area contributed by atoms with Crippen molar-refractivity contribution in [3.05, 3.63) is 23.9 Å². The van der Waals surface area contributed by atoms with E-state index in [1.165, 1.54) is 0 Å². The SMILES string of the molecule is CN(C)c1ncccc1C(=O)OC1CCCC1. The van der Waals surface area contributed by atoms with Gasteiger partial charge in [-0.3, -0.25) is 0 Å². The van der Waals surface area contributed by atoms with Crippen LogP contribution in [0.2, 0.25) is 0 Å². The van der Waals surface area contributed by atoms with Crippen LogP contribution in [0.25, 0.3) is 0 Å². The number of carbonyl (C=O) groups is 1. The van der Waals surface area contributed by atoms with Crippen molar-refractivity contribution in [2.45, 2.75) is 31.8 Å². The van der Waals surface area contributed by atoms with Gasteiger partial charge in [0.25, 0.3) is 0 Å². The molecule has 0 aromatic carbocycles. The largest absolute Gasteiger partial charge is 0.459 e. The standard InChI is InChI=1S/C13H18N2O2/c1-15(2)12-11(8-5-9-14-12)13(16)17-10-6-3-4-7-10/h5,8-10H,3-4,6-7H2,1-2H3. The minimum atomic E-state index is -0.256.